The molecule has 1 N–H and O–H groups in total. The van der Waals surface area contributed by atoms with Crippen LogP contribution in [0.2, 0.25) is 0 Å². The SMILES string of the molecule is Cc1nnc(NC(=O)[C@H](C)Sc2ccccn2)s1. The summed E-state index contributed by atoms with van der Waals surface area (Å²) in [5, 5.41) is 12.4. The highest BCUT2D eigenvalue weighted by Crippen LogP contribution is 2.22. The summed E-state index contributed by atoms with van der Waals surface area (Å²) in [6.07, 6.45) is 1.71. The number of thioether (sulfide) groups is 1. The number of hydrogen-bond acceptors (Lipinski definition) is 6. The van der Waals surface area contributed by atoms with Gasteiger partial charge in [-0.1, -0.05) is 29.2 Å². The Labute approximate surface area is 113 Å². The lowest BCUT2D eigenvalue weighted by Gasteiger charge is -2.09. The molecule has 1 atom stereocenters. The molecule has 2 aromatic rings. The molecule has 0 saturated carbocycles. The zero-order valence-corrected chi connectivity index (χ0v) is 11.6. The average Bonchev–Trinajstić information content (AvgIpc) is 2.76. The zero-order chi connectivity index (χ0) is 13.0. The van der Waals surface area contributed by atoms with E-state index in [0.717, 1.165) is 10.0 Å². The number of nitrogens with zero attached hydrogens (tertiary/aromatic N) is 3. The first-order valence-electron chi connectivity index (χ1n) is 5.34. The highest BCUT2D eigenvalue weighted by atomic mass is 32.2. The Kier molecular flexibility index (Phi) is 4.27. The Morgan fingerprint density at radius 1 is 1.44 bits per heavy atom. The molecular weight excluding hydrogens is 268 g/mol. The largest absolute Gasteiger partial charge is 0.300 e. The van der Waals surface area contributed by atoms with Crippen molar-refractivity contribution in [2.75, 3.05) is 5.32 Å². The second-order valence-corrected chi connectivity index (χ2v) is 6.09. The number of pyridine rings is 1. The number of nitrogens with one attached hydrogen (secondary N) is 1. The van der Waals surface area contributed by atoms with E-state index in [1.807, 2.05) is 32.0 Å². The van der Waals surface area contributed by atoms with E-state index in [2.05, 4.69) is 20.5 Å². The van der Waals surface area contributed by atoms with Gasteiger partial charge in [0.2, 0.25) is 11.0 Å². The molecule has 2 heterocycles. The third-order valence-electron chi connectivity index (χ3n) is 2.06. The molecule has 5 nitrogen and oxygen atoms in total. The number of amides is 1. The van der Waals surface area contributed by atoms with Crippen LogP contribution in [0.15, 0.2) is 29.4 Å². The van der Waals surface area contributed by atoms with Crippen molar-refractivity contribution in [1.29, 1.82) is 0 Å². The Morgan fingerprint density at radius 3 is 2.89 bits per heavy atom. The fraction of sp³-hybridized carbons (Fsp3) is 0.273. The van der Waals surface area contributed by atoms with Gasteiger partial charge < -0.3 is 0 Å². The van der Waals surface area contributed by atoms with Crippen molar-refractivity contribution < 1.29 is 4.79 Å². The Balaban J connectivity index is 1.93. The van der Waals surface area contributed by atoms with Crippen LogP contribution in [0.4, 0.5) is 5.13 Å². The van der Waals surface area contributed by atoms with Gasteiger partial charge in [0.1, 0.15) is 5.01 Å². The van der Waals surface area contributed by atoms with Crippen molar-refractivity contribution in [3.63, 3.8) is 0 Å². The normalized spacial score (nSPS) is 12.1. The number of rotatable bonds is 4. The summed E-state index contributed by atoms with van der Waals surface area (Å²) in [5.41, 5.74) is 0. The van der Waals surface area contributed by atoms with Gasteiger partial charge in [-0.15, -0.1) is 10.2 Å². The van der Waals surface area contributed by atoms with Crippen LogP contribution in [0.3, 0.4) is 0 Å². The first-order chi connectivity index (χ1) is 8.65. The van der Waals surface area contributed by atoms with Crippen molar-refractivity contribution in [2.45, 2.75) is 24.1 Å². The number of hydrogen-bond donors (Lipinski definition) is 1. The second-order valence-electron chi connectivity index (χ2n) is 3.54. The standard InChI is InChI=1S/C11H12N4OS2/c1-7(17-9-5-3-4-6-12-9)10(16)13-11-15-14-8(2)18-11/h3-7H,1-2H3,(H,13,15,16)/t7-/m0/s1. The molecular formula is C11H12N4OS2. The fourth-order valence-corrected chi connectivity index (χ4v) is 2.61. The van der Waals surface area contributed by atoms with Gasteiger partial charge in [-0.25, -0.2) is 4.98 Å². The molecule has 1 amide bonds. The van der Waals surface area contributed by atoms with Crippen LogP contribution in [0.25, 0.3) is 0 Å². The van der Waals surface area contributed by atoms with E-state index in [-0.39, 0.29) is 11.2 Å². The maximum absolute atomic E-state index is 11.9. The summed E-state index contributed by atoms with van der Waals surface area (Å²) in [6.45, 7) is 3.68. The third kappa shape index (κ3) is 3.51. The number of aryl methyl sites for hydroxylation is 1. The molecule has 0 unspecified atom stereocenters. The van der Waals surface area contributed by atoms with Gasteiger partial charge in [-0.3, -0.25) is 10.1 Å². The number of aromatic nitrogens is 3. The highest BCUT2D eigenvalue weighted by molar-refractivity contribution is 8.00. The van der Waals surface area contributed by atoms with Gasteiger partial charge >= 0.3 is 0 Å². The maximum atomic E-state index is 11.9. The van der Waals surface area contributed by atoms with E-state index in [1.165, 1.54) is 23.1 Å². The lowest BCUT2D eigenvalue weighted by Crippen LogP contribution is -2.22. The van der Waals surface area contributed by atoms with E-state index in [4.69, 9.17) is 0 Å². The summed E-state index contributed by atoms with van der Waals surface area (Å²) in [4.78, 5) is 16.1. The predicted octanol–water partition coefficient (Wildman–Crippen LogP) is 2.36. The summed E-state index contributed by atoms with van der Waals surface area (Å²) < 4.78 is 0. The second kappa shape index (κ2) is 5.92. The monoisotopic (exact) mass is 280 g/mol. The minimum Gasteiger partial charge on any atom is -0.300 e. The van der Waals surface area contributed by atoms with Crippen molar-refractivity contribution >= 4 is 34.1 Å². The van der Waals surface area contributed by atoms with E-state index in [9.17, 15) is 4.79 Å². The molecule has 94 valence electrons. The Morgan fingerprint density at radius 2 is 2.28 bits per heavy atom. The van der Waals surface area contributed by atoms with Crippen molar-refractivity contribution in [1.82, 2.24) is 15.2 Å². The third-order valence-corrected chi connectivity index (χ3v) is 3.87. The van der Waals surface area contributed by atoms with Gasteiger partial charge in [-0.2, -0.15) is 0 Å². The maximum Gasteiger partial charge on any atom is 0.239 e. The molecule has 0 radical (unpaired) electrons. The molecule has 0 fully saturated rings. The first-order valence-corrected chi connectivity index (χ1v) is 7.03. The molecule has 0 aliphatic heterocycles. The molecule has 0 saturated heterocycles. The van der Waals surface area contributed by atoms with Crippen LogP contribution in [0.1, 0.15) is 11.9 Å². The zero-order valence-electron chi connectivity index (χ0n) is 9.95. The number of anilines is 1. The molecule has 2 aromatic heterocycles. The predicted molar refractivity (Wildman–Crippen MR) is 72.8 cm³/mol. The van der Waals surface area contributed by atoms with Crippen molar-refractivity contribution in [3.05, 3.63) is 29.4 Å². The Hall–Kier alpha value is -1.47. The highest BCUT2D eigenvalue weighted by Gasteiger charge is 2.16. The summed E-state index contributed by atoms with van der Waals surface area (Å²) >= 11 is 2.77. The van der Waals surface area contributed by atoms with E-state index in [1.54, 1.807) is 6.20 Å². The van der Waals surface area contributed by atoms with E-state index < -0.39 is 0 Å². The number of carbonyl (C=O) groups is 1. The van der Waals surface area contributed by atoms with Gasteiger partial charge in [0, 0.05) is 6.20 Å². The molecule has 7 heteroatoms. The van der Waals surface area contributed by atoms with E-state index in [0.29, 0.717) is 5.13 Å². The van der Waals surface area contributed by atoms with Crippen LogP contribution in [0, 0.1) is 6.92 Å². The topological polar surface area (TPSA) is 67.8 Å². The summed E-state index contributed by atoms with van der Waals surface area (Å²) in [5.74, 6) is -0.0956. The molecule has 2 rings (SSSR count). The molecule has 0 aliphatic carbocycles. The van der Waals surface area contributed by atoms with Gasteiger partial charge in [0.15, 0.2) is 0 Å². The smallest absolute Gasteiger partial charge is 0.239 e. The average molecular weight is 280 g/mol. The van der Waals surface area contributed by atoms with Crippen LogP contribution < -0.4 is 5.32 Å². The molecule has 0 spiro atoms. The van der Waals surface area contributed by atoms with Gasteiger partial charge in [0.05, 0.1) is 10.3 Å². The van der Waals surface area contributed by atoms with Gasteiger partial charge in [-0.05, 0) is 26.0 Å². The van der Waals surface area contributed by atoms with Crippen LogP contribution in [-0.4, -0.2) is 26.3 Å². The molecule has 0 aromatic carbocycles. The lowest BCUT2D eigenvalue weighted by molar-refractivity contribution is -0.115. The fourth-order valence-electron chi connectivity index (χ4n) is 1.21. The van der Waals surface area contributed by atoms with E-state index >= 15 is 0 Å². The van der Waals surface area contributed by atoms with Crippen LogP contribution in [0.5, 0.6) is 0 Å². The quantitative estimate of drug-likeness (QED) is 0.871. The first kappa shape index (κ1) is 13.0. The minimum atomic E-state index is -0.232. The molecule has 0 aliphatic rings. The van der Waals surface area contributed by atoms with Crippen LogP contribution >= 0.6 is 23.1 Å². The molecule has 18 heavy (non-hydrogen) atoms. The summed E-state index contributed by atoms with van der Waals surface area (Å²) in [7, 11) is 0. The number of carbonyl (C=O) groups excluding carboxylic acids is 1. The van der Waals surface area contributed by atoms with Crippen molar-refractivity contribution in [3.8, 4) is 0 Å². The Bertz CT molecular complexity index is 529. The lowest BCUT2D eigenvalue weighted by atomic mass is 10.4. The molecule has 0 bridgehead atoms. The van der Waals surface area contributed by atoms with Crippen LogP contribution in [-0.2, 0) is 4.79 Å². The summed E-state index contributed by atoms with van der Waals surface area (Å²) in [6, 6.07) is 5.62. The van der Waals surface area contributed by atoms with Gasteiger partial charge in [0.25, 0.3) is 0 Å². The van der Waals surface area contributed by atoms with Crippen molar-refractivity contribution in [2.24, 2.45) is 0 Å². The minimum absolute atomic E-state index is 0.0956.